The molecule has 0 saturated heterocycles. The van der Waals surface area contributed by atoms with E-state index in [4.69, 9.17) is 25.2 Å². The highest BCUT2D eigenvalue weighted by Crippen LogP contribution is 2.37. The number of rotatable bonds is 3. The third kappa shape index (κ3) is 2.86. The number of nitrogens with one attached hydrogen (secondary N) is 1. The number of amides is 1. The number of nitrogens with zero attached hydrogens (tertiary/aromatic N) is 3. The van der Waals surface area contributed by atoms with Crippen LogP contribution in [0.5, 0.6) is 11.5 Å². The summed E-state index contributed by atoms with van der Waals surface area (Å²) in [5.41, 5.74) is 10.1. The predicted octanol–water partition coefficient (Wildman–Crippen LogP) is 3.56. The molecule has 8 heteroatoms. The molecule has 3 heterocycles. The molecule has 0 radical (unpaired) electrons. The van der Waals surface area contributed by atoms with E-state index in [2.05, 4.69) is 5.32 Å². The van der Waals surface area contributed by atoms with Crippen LogP contribution in [0.25, 0.3) is 27.9 Å². The SMILES string of the molecule is Nc1c(C(=O)NC2CCCC2)c2nc3ccccc3nc2n1-c1ccc2c(c1)OCO2. The number of benzene rings is 2. The predicted molar refractivity (Wildman–Crippen MR) is 117 cm³/mol. The molecule has 2 aromatic heterocycles. The second kappa shape index (κ2) is 6.87. The van der Waals surface area contributed by atoms with Crippen LogP contribution in [0.4, 0.5) is 5.82 Å². The van der Waals surface area contributed by atoms with Gasteiger partial charge < -0.3 is 20.5 Å². The summed E-state index contributed by atoms with van der Waals surface area (Å²) in [6, 6.07) is 13.3. The second-order valence-electron chi connectivity index (χ2n) is 7.97. The fraction of sp³-hybridized carbons (Fsp3) is 0.261. The Hall–Kier alpha value is -3.81. The summed E-state index contributed by atoms with van der Waals surface area (Å²) >= 11 is 0. The number of hydrogen-bond acceptors (Lipinski definition) is 6. The standard InChI is InChI=1S/C23H21N5O3/c24-21-19(23(29)25-13-5-1-2-6-13)20-22(27-16-8-4-3-7-15(16)26-20)28(21)14-9-10-17-18(11-14)31-12-30-17/h3-4,7-11,13H,1-2,5-6,12,24H2,(H,25,29). The Labute approximate surface area is 178 Å². The van der Waals surface area contributed by atoms with E-state index in [-0.39, 0.29) is 18.7 Å². The lowest BCUT2D eigenvalue weighted by Crippen LogP contribution is -2.33. The molecule has 0 spiro atoms. The number of carbonyl (C=O) groups excluding carboxylic acids is 1. The minimum atomic E-state index is -0.210. The number of nitrogen functional groups attached to an aromatic ring is 1. The molecule has 156 valence electrons. The average Bonchev–Trinajstić information content (AvgIpc) is 3.50. The molecule has 4 aromatic rings. The van der Waals surface area contributed by atoms with Gasteiger partial charge in [-0.1, -0.05) is 25.0 Å². The number of fused-ring (bicyclic) bond motifs is 3. The lowest BCUT2D eigenvalue weighted by atomic mass is 10.2. The molecule has 0 unspecified atom stereocenters. The van der Waals surface area contributed by atoms with Crippen molar-refractivity contribution in [3.8, 4) is 17.2 Å². The molecule has 2 aromatic carbocycles. The van der Waals surface area contributed by atoms with E-state index in [1.807, 2.05) is 42.5 Å². The Balaban J connectivity index is 1.57. The van der Waals surface area contributed by atoms with Gasteiger partial charge in [0.2, 0.25) is 6.79 Å². The molecule has 8 nitrogen and oxygen atoms in total. The number of ether oxygens (including phenoxy) is 2. The molecular weight excluding hydrogens is 394 g/mol. The van der Waals surface area contributed by atoms with E-state index in [1.54, 1.807) is 4.57 Å². The Morgan fingerprint density at radius 3 is 2.58 bits per heavy atom. The Morgan fingerprint density at radius 2 is 1.77 bits per heavy atom. The van der Waals surface area contributed by atoms with Gasteiger partial charge in [0.05, 0.1) is 16.7 Å². The zero-order valence-corrected chi connectivity index (χ0v) is 16.8. The van der Waals surface area contributed by atoms with Crippen LogP contribution in [0.15, 0.2) is 42.5 Å². The Morgan fingerprint density at radius 1 is 1.03 bits per heavy atom. The summed E-state index contributed by atoms with van der Waals surface area (Å²) < 4.78 is 12.7. The largest absolute Gasteiger partial charge is 0.454 e. The first-order valence-corrected chi connectivity index (χ1v) is 10.5. The van der Waals surface area contributed by atoms with E-state index in [0.717, 1.165) is 36.9 Å². The van der Waals surface area contributed by atoms with Crippen LogP contribution in [-0.2, 0) is 0 Å². The van der Waals surface area contributed by atoms with Crippen molar-refractivity contribution in [1.82, 2.24) is 19.9 Å². The van der Waals surface area contributed by atoms with Gasteiger partial charge in [0.25, 0.3) is 5.91 Å². The maximum absolute atomic E-state index is 13.3. The number of hydrogen-bond donors (Lipinski definition) is 2. The van der Waals surface area contributed by atoms with Gasteiger partial charge in [-0.3, -0.25) is 9.36 Å². The highest BCUT2D eigenvalue weighted by Gasteiger charge is 2.28. The van der Waals surface area contributed by atoms with Gasteiger partial charge in [0, 0.05) is 12.1 Å². The van der Waals surface area contributed by atoms with E-state index in [0.29, 0.717) is 39.6 Å². The quantitative estimate of drug-likeness (QED) is 0.530. The molecule has 6 rings (SSSR count). The minimum Gasteiger partial charge on any atom is -0.454 e. The van der Waals surface area contributed by atoms with Crippen LogP contribution in [-0.4, -0.2) is 33.3 Å². The number of anilines is 1. The minimum absolute atomic E-state index is 0.171. The lowest BCUT2D eigenvalue weighted by molar-refractivity contribution is 0.0940. The molecule has 31 heavy (non-hydrogen) atoms. The van der Waals surface area contributed by atoms with Gasteiger partial charge in [-0.2, -0.15) is 0 Å². The van der Waals surface area contributed by atoms with Crippen molar-refractivity contribution < 1.29 is 14.3 Å². The topological polar surface area (TPSA) is 104 Å². The molecule has 1 aliphatic heterocycles. The van der Waals surface area contributed by atoms with E-state index >= 15 is 0 Å². The Bertz CT molecular complexity index is 1340. The van der Waals surface area contributed by atoms with Crippen molar-refractivity contribution >= 4 is 33.9 Å². The van der Waals surface area contributed by atoms with Gasteiger partial charge >= 0.3 is 0 Å². The van der Waals surface area contributed by atoms with Crippen molar-refractivity contribution in [1.29, 1.82) is 0 Å². The molecular formula is C23H21N5O3. The number of nitrogens with two attached hydrogens (primary N) is 1. The molecule has 3 N–H and O–H groups in total. The average molecular weight is 415 g/mol. The van der Waals surface area contributed by atoms with E-state index in [9.17, 15) is 4.79 Å². The second-order valence-corrected chi connectivity index (χ2v) is 7.97. The molecule has 0 atom stereocenters. The first-order valence-electron chi connectivity index (χ1n) is 10.5. The highest BCUT2D eigenvalue weighted by atomic mass is 16.7. The zero-order chi connectivity index (χ0) is 20.9. The van der Waals surface area contributed by atoms with Crippen LogP contribution in [0.3, 0.4) is 0 Å². The van der Waals surface area contributed by atoms with Crippen molar-refractivity contribution in [2.24, 2.45) is 0 Å². The third-order valence-corrected chi connectivity index (χ3v) is 6.03. The van der Waals surface area contributed by atoms with Crippen molar-refractivity contribution in [3.63, 3.8) is 0 Å². The van der Waals surface area contributed by atoms with Crippen LogP contribution in [0, 0.1) is 0 Å². The summed E-state index contributed by atoms with van der Waals surface area (Å²) in [7, 11) is 0. The summed E-state index contributed by atoms with van der Waals surface area (Å²) in [6.45, 7) is 0.181. The van der Waals surface area contributed by atoms with Crippen molar-refractivity contribution in [2.75, 3.05) is 12.5 Å². The molecule has 1 saturated carbocycles. The van der Waals surface area contributed by atoms with Gasteiger partial charge in [0.1, 0.15) is 16.9 Å². The van der Waals surface area contributed by atoms with E-state index < -0.39 is 0 Å². The fourth-order valence-corrected chi connectivity index (χ4v) is 4.50. The molecule has 2 aliphatic rings. The number of carbonyl (C=O) groups is 1. The summed E-state index contributed by atoms with van der Waals surface area (Å²) in [6.07, 6.45) is 4.23. The maximum atomic E-state index is 13.3. The van der Waals surface area contributed by atoms with Gasteiger partial charge in [-0.05, 0) is 37.1 Å². The fourth-order valence-electron chi connectivity index (χ4n) is 4.50. The van der Waals surface area contributed by atoms with Crippen molar-refractivity contribution in [2.45, 2.75) is 31.7 Å². The normalized spacial score (nSPS) is 15.7. The van der Waals surface area contributed by atoms with Crippen LogP contribution in [0.1, 0.15) is 36.0 Å². The molecule has 1 aliphatic carbocycles. The smallest absolute Gasteiger partial charge is 0.257 e. The first-order chi connectivity index (χ1) is 15.2. The molecule has 0 bridgehead atoms. The van der Waals surface area contributed by atoms with Crippen molar-refractivity contribution in [3.05, 3.63) is 48.0 Å². The third-order valence-electron chi connectivity index (χ3n) is 6.03. The number of para-hydroxylation sites is 2. The summed E-state index contributed by atoms with van der Waals surface area (Å²) in [5.74, 6) is 1.40. The van der Waals surface area contributed by atoms with Crippen LogP contribution < -0.4 is 20.5 Å². The van der Waals surface area contributed by atoms with Crippen LogP contribution >= 0.6 is 0 Å². The van der Waals surface area contributed by atoms with Gasteiger partial charge in [-0.15, -0.1) is 0 Å². The monoisotopic (exact) mass is 415 g/mol. The summed E-state index contributed by atoms with van der Waals surface area (Å²) in [5, 5.41) is 3.14. The Kier molecular flexibility index (Phi) is 3.99. The summed E-state index contributed by atoms with van der Waals surface area (Å²) in [4.78, 5) is 22.9. The molecule has 1 fully saturated rings. The highest BCUT2D eigenvalue weighted by molar-refractivity contribution is 6.11. The first kappa shape index (κ1) is 18.0. The number of aromatic nitrogens is 3. The maximum Gasteiger partial charge on any atom is 0.257 e. The van der Waals surface area contributed by atoms with Gasteiger partial charge in [-0.25, -0.2) is 9.97 Å². The lowest BCUT2D eigenvalue weighted by Gasteiger charge is -2.12. The van der Waals surface area contributed by atoms with E-state index in [1.165, 1.54) is 0 Å². The zero-order valence-electron chi connectivity index (χ0n) is 16.8. The molecule has 1 amide bonds. The van der Waals surface area contributed by atoms with Gasteiger partial charge in [0.15, 0.2) is 17.1 Å². The van der Waals surface area contributed by atoms with Crippen LogP contribution in [0.2, 0.25) is 0 Å².